The van der Waals surface area contributed by atoms with Gasteiger partial charge in [-0.2, -0.15) is 5.26 Å². The van der Waals surface area contributed by atoms with Crippen LogP contribution in [0, 0.1) is 18.3 Å². The Bertz CT molecular complexity index is 483. The summed E-state index contributed by atoms with van der Waals surface area (Å²) in [5.41, 5.74) is 1.43. The molecule has 0 aliphatic heterocycles. The second kappa shape index (κ2) is 5.54. The number of hydrogen-bond donors (Lipinski definition) is 1. The minimum Gasteiger partial charge on any atom is -0.352 e. The number of nitriles is 1. The molecule has 1 aliphatic rings. The van der Waals surface area contributed by atoms with E-state index in [1.54, 1.807) is 6.07 Å². The maximum atomic E-state index is 8.93. The molecule has 0 aromatic carbocycles. The van der Waals surface area contributed by atoms with Crippen LogP contribution in [0.4, 0.5) is 5.95 Å². The van der Waals surface area contributed by atoms with Crippen molar-refractivity contribution in [3.05, 3.63) is 17.5 Å². The maximum Gasteiger partial charge on any atom is 0.224 e. The van der Waals surface area contributed by atoms with E-state index in [1.807, 2.05) is 6.92 Å². The van der Waals surface area contributed by atoms with Gasteiger partial charge in [0.2, 0.25) is 5.95 Å². The molecule has 5 nitrogen and oxygen atoms in total. The van der Waals surface area contributed by atoms with Gasteiger partial charge in [0.1, 0.15) is 11.8 Å². The second-order valence-electron chi connectivity index (χ2n) is 5.51. The van der Waals surface area contributed by atoms with E-state index >= 15 is 0 Å². The van der Waals surface area contributed by atoms with Crippen molar-refractivity contribution in [2.24, 2.45) is 0 Å². The van der Waals surface area contributed by atoms with Crippen molar-refractivity contribution < 1.29 is 0 Å². The number of rotatable bonds is 4. The molecule has 19 heavy (non-hydrogen) atoms. The van der Waals surface area contributed by atoms with E-state index in [0.29, 0.717) is 11.6 Å². The Morgan fingerprint density at radius 3 is 2.63 bits per heavy atom. The van der Waals surface area contributed by atoms with Crippen LogP contribution in [-0.4, -0.2) is 41.0 Å². The molecule has 1 saturated carbocycles. The Balaban J connectivity index is 2.09. The van der Waals surface area contributed by atoms with E-state index in [1.165, 1.54) is 25.7 Å². The van der Waals surface area contributed by atoms with Crippen LogP contribution in [0.5, 0.6) is 0 Å². The van der Waals surface area contributed by atoms with Gasteiger partial charge < -0.3 is 10.2 Å². The summed E-state index contributed by atoms with van der Waals surface area (Å²) in [6.07, 6.45) is 4.95. The predicted molar refractivity (Wildman–Crippen MR) is 74.9 cm³/mol. The van der Waals surface area contributed by atoms with Gasteiger partial charge in [0, 0.05) is 17.8 Å². The molecule has 1 heterocycles. The van der Waals surface area contributed by atoms with Gasteiger partial charge >= 0.3 is 0 Å². The molecule has 0 saturated heterocycles. The predicted octanol–water partition coefficient (Wildman–Crippen LogP) is 1.94. The number of anilines is 1. The van der Waals surface area contributed by atoms with E-state index in [0.717, 1.165) is 12.2 Å². The van der Waals surface area contributed by atoms with E-state index in [9.17, 15) is 0 Å². The second-order valence-corrected chi connectivity index (χ2v) is 5.51. The third-order valence-electron chi connectivity index (χ3n) is 4.03. The molecule has 0 spiro atoms. The number of nitrogens with one attached hydrogen (secondary N) is 1. The van der Waals surface area contributed by atoms with Gasteiger partial charge in [-0.15, -0.1) is 0 Å². The first-order valence-corrected chi connectivity index (χ1v) is 6.73. The molecule has 1 N–H and O–H groups in total. The average Bonchev–Trinajstić information content (AvgIpc) is 2.86. The largest absolute Gasteiger partial charge is 0.352 e. The molecule has 0 radical (unpaired) electrons. The fourth-order valence-electron chi connectivity index (χ4n) is 2.76. The summed E-state index contributed by atoms with van der Waals surface area (Å²) >= 11 is 0. The zero-order valence-corrected chi connectivity index (χ0v) is 11.9. The fraction of sp³-hybridized carbons (Fsp3) is 0.643. The van der Waals surface area contributed by atoms with E-state index in [-0.39, 0.29) is 5.54 Å². The third-order valence-corrected chi connectivity index (χ3v) is 4.03. The molecule has 1 fully saturated rings. The summed E-state index contributed by atoms with van der Waals surface area (Å²) in [4.78, 5) is 10.8. The van der Waals surface area contributed by atoms with E-state index in [2.05, 4.69) is 40.3 Å². The summed E-state index contributed by atoms with van der Waals surface area (Å²) in [5, 5.41) is 12.2. The lowest BCUT2D eigenvalue weighted by Gasteiger charge is -2.36. The van der Waals surface area contributed by atoms with Gasteiger partial charge in [0.25, 0.3) is 0 Å². The fourth-order valence-corrected chi connectivity index (χ4v) is 2.76. The Kier molecular flexibility index (Phi) is 4.01. The molecule has 1 aromatic rings. The molecular weight excluding hydrogens is 238 g/mol. The van der Waals surface area contributed by atoms with Crippen LogP contribution >= 0.6 is 0 Å². The Labute approximate surface area is 114 Å². The third kappa shape index (κ3) is 3.02. The van der Waals surface area contributed by atoms with Crippen LogP contribution in [0.1, 0.15) is 37.1 Å². The highest BCUT2D eigenvalue weighted by Crippen LogP contribution is 2.33. The highest BCUT2D eigenvalue weighted by molar-refractivity contribution is 5.33. The molecule has 1 aliphatic carbocycles. The van der Waals surface area contributed by atoms with Crippen LogP contribution in [0.2, 0.25) is 0 Å². The SMILES string of the molecule is Cc1cc(C#N)nc(NCC2(N(C)C)CCCC2)n1. The van der Waals surface area contributed by atoms with Crippen molar-refractivity contribution in [3.8, 4) is 6.07 Å². The molecular formula is C14H21N5. The lowest BCUT2D eigenvalue weighted by molar-refractivity contribution is 0.172. The zero-order chi connectivity index (χ0) is 13.9. The standard InChI is InChI=1S/C14H21N5/c1-11-8-12(9-15)18-13(17-11)16-10-14(19(2)3)6-4-5-7-14/h8H,4-7,10H2,1-3H3,(H,16,17,18). The van der Waals surface area contributed by atoms with Gasteiger partial charge in [0.15, 0.2) is 0 Å². The molecule has 1 aromatic heterocycles. The number of nitrogens with zero attached hydrogens (tertiary/aromatic N) is 4. The number of aryl methyl sites for hydroxylation is 1. The number of aromatic nitrogens is 2. The molecule has 0 bridgehead atoms. The maximum absolute atomic E-state index is 8.93. The molecule has 2 rings (SSSR count). The van der Waals surface area contributed by atoms with Gasteiger partial charge in [-0.3, -0.25) is 0 Å². The topological polar surface area (TPSA) is 64.8 Å². The van der Waals surface area contributed by atoms with Crippen LogP contribution in [0.25, 0.3) is 0 Å². The first-order valence-electron chi connectivity index (χ1n) is 6.73. The molecule has 5 heteroatoms. The first-order chi connectivity index (χ1) is 9.05. The minimum atomic E-state index is 0.194. The smallest absolute Gasteiger partial charge is 0.224 e. The van der Waals surface area contributed by atoms with Crippen LogP contribution in [0.3, 0.4) is 0 Å². The quantitative estimate of drug-likeness (QED) is 0.895. The summed E-state index contributed by atoms with van der Waals surface area (Å²) < 4.78 is 0. The molecule has 0 amide bonds. The van der Waals surface area contributed by atoms with E-state index < -0.39 is 0 Å². The normalized spacial score (nSPS) is 17.4. The lowest BCUT2D eigenvalue weighted by atomic mass is 9.96. The van der Waals surface area contributed by atoms with Crippen molar-refractivity contribution in [3.63, 3.8) is 0 Å². The summed E-state index contributed by atoms with van der Waals surface area (Å²) in [6.45, 7) is 2.71. The van der Waals surface area contributed by atoms with Gasteiger partial charge in [0.05, 0.1) is 0 Å². The summed E-state index contributed by atoms with van der Waals surface area (Å²) in [6, 6.07) is 3.76. The van der Waals surface area contributed by atoms with Crippen molar-refractivity contribution >= 4 is 5.95 Å². The molecule has 0 unspecified atom stereocenters. The summed E-state index contributed by atoms with van der Waals surface area (Å²) in [7, 11) is 4.26. The summed E-state index contributed by atoms with van der Waals surface area (Å²) in [5.74, 6) is 0.560. The van der Waals surface area contributed by atoms with Crippen molar-refractivity contribution in [1.82, 2.24) is 14.9 Å². The first kappa shape index (κ1) is 13.8. The van der Waals surface area contributed by atoms with Crippen LogP contribution < -0.4 is 5.32 Å². The van der Waals surface area contributed by atoms with Crippen molar-refractivity contribution in [1.29, 1.82) is 5.26 Å². The van der Waals surface area contributed by atoms with Gasteiger partial charge in [-0.1, -0.05) is 12.8 Å². The van der Waals surface area contributed by atoms with Gasteiger partial charge in [-0.05, 0) is 39.9 Å². The van der Waals surface area contributed by atoms with Crippen molar-refractivity contribution in [2.45, 2.75) is 38.1 Å². The number of likely N-dealkylation sites (N-methyl/N-ethyl adjacent to an activating group) is 1. The highest BCUT2D eigenvalue weighted by Gasteiger charge is 2.35. The Morgan fingerprint density at radius 1 is 1.37 bits per heavy atom. The van der Waals surface area contributed by atoms with Crippen LogP contribution in [-0.2, 0) is 0 Å². The van der Waals surface area contributed by atoms with E-state index in [4.69, 9.17) is 5.26 Å². The Hall–Kier alpha value is -1.67. The Morgan fingerprint density at radius 2 is 2.05 bits per heavy atom. The molecule has 0 atom stereocenters. The molecule has 102 valence electrons. The van der Waals surface area contributed by atoms with Gasteiger partial charge in [-0.25, -0.2) is 9.97 Å². The minimum absolute atomic E-state index is 0.194. The monoisotopic (exact) mass is 259 g/mol. The average molecular weight is 259 g/mol. The zero-order valence-electron chi connectivity index (χ0n) is 11.9. The number of hydrogen-bond acceptors (Lipinski definition) is 5. The van der Waals surface area contributed by atoms with Crippen LogP contribution in [0.15, 0.2) is 6.07 Å². The highest BCUT2D eigenvalue weighted by atomic mass is 15.2. The van der Waals surface area contributed by atoms with Crippen molar-refractivity contribution in [2.75, 3.05) is 26.0 Å². The lowest BCUT2D eigenvalue weighted by Crippen LogP contribution is -2.47.